The van der Waals surface area contributed by atoms with E-state index in [1.54, 1.807) is 36.4 Å². The molecule has 2 amide bonds. The zero-order chi connectivity index (χ0) is 25.2. The average Bonchev–Trinajstić information content (AvgIpc) is 2.87. The molecule has 0 aliphatic rings. The van der Waals surface area contributed by atoms with Crippen LogP contribution in [0.2, 0.25) is 5.02 Å². The van der Waals surface area contributed by atoms with Gasteiger partial charge in [0.05, 0.1) is 5.02 Å². The second-order valence-corrected chi connectivity index (χ2v) is 8.80. The molecule has 35 heavy (non-hydrogen) atoms. The van der Waals surface area contributed by atoms with Crippen LogP contribution < -0.4 is 10.1 Å². The van der Waals surface area contributed by atoms with Gasteiger partial charge < -0.3 is 15.0 Å². The van der Waals surface area contributed by atoms with E-state index in [-0.39, 0.29) is 36.8 Å². The number of benzene rings is 3. The van der Waals surface area contributed by atoms with Crippen LogP contribution in [0.25, 0.3) is 0 Å². The Labute approximate surface area is 210 Å². The van der Waals surface area contributed by atoms with Crippen molar-refractivity contribution in [1.82, 2.24) is 10.2 Å². The highest BCUT2D eigenvalue weighted by Gasteiger charge is 2.31. The average molecular weight is 497 g/mol. The second kappa shape index (κ2) is 12.9. The molecule has 0 aromatic heterocycles. The van der Waals surface area contributed by atoms with Crippen molar-refractivity contribution in [3.05, 3.63) is 101 Å². The normalized spacial score (nSPS) is 12.5. The third-order valence-electron chi connectivity index (χ3n) is 5.73. The summed E-state index contributed by atoms with van der Waals surface area (Å²) in [5.41, 5.74) is 1.62. The van der Waals surface area contributed by atoms with Crippen LogP contribution in [0.5, 0.6) is 5.75 Å². The predicted molar refractivity (Wildman–Crippen MR) is 136 cm³/mol. The van der Waals surface area contributed by atoms with Crippen molar-refractivity contribution < 1.29 is 18.7 Å². The summed E-state index contributed by atoms with van der Waals surface area (Å²) in [5.74, 6) is -0.622. The van der Waals surface area contributed by atoms with Crippen LogP contribution in [0, 0.1) is 5.82 Å². The third-order valence-corrected chi connectivity index (χ3v) is 6.04. The lowest BCUT2D eigenvalue weighted by Crippen LogP contribution is -2.53. The first-order valence-electron chi connectivity index (χ1n) is 11.6. The molecular weight excluding hydrogens is 467 g/mol. The summed E-state index contributed by atoms with van der Waals surface area (Å²) in [4.78, 5) is 28.4. The minimum atomic E-state index is -0.793. The van der Waals surface area contributed by atoms with Gasteiger partial charge in [-0.3, -0.25) is 9.59 Å². The van der Waals surface area contributed by atoms with Gasteiger partial charge in [0.25, 0.3) is 5.91 Å². The van der Waals surface area contributed by atoms with Crippen molar-refractivity contribution in [1.29, 1.82) is 0 Å². The number of halogens is 2. The molecule has 0 heterocycles. The van der Waals surface area contributed by atoms with Gasteiger partial charge in [0, 0.05) is 19.0 Å². The van der Waals surface area contributed by atoms with Crippen LogP contribution in [0.15, 0.2) is 78.9 Å². The maximum Gasteiger partial charge on any atom is 0.261 e. The van der Waals surface area contributed by atoms with Crippen molar-refractivity contribution in [3.63, 3.8) is 0 Å². The summed E-state index contributed by atoms with van der Waals surface area (Å²) in [6.45, 7) is 3.73. The molecular formula is C28H30ClFN2O3. The molecule has 184 valence electrons. The van der Waals surface area contributed by atoms with Gasteiger partial charge in [0.15, 0.2) is 6.61 Å². The predicted octanol–water partition coefficient (Wildman–Crippen LogP) is 5.41. The fourth-order valence-electron chi connectivity index (χ4n) is 3.57. The highest BCUT2D eigenvalue weighted by molar-refractivity contribution is 6.32. The van der Waals surface area contributed by atoms with Crippen molar-refractivity contribution in [2.75, 3.05) is 6.61 Å². The molecule has 0 aliphatic heterocycles. The SMILES string of the molecule is CC[C@H](C)NC(=O)[C@H](Cc1ccccc1)N(Cc1ccc(F)cc1)C(=O)COc1ccccc1Cl. The number of amides is 2. The molecule has 0 radical (unpaired) electrons. The fourth-order valence-corrected chi connectivity index (χ4v) is 3.76. The minimum absolute atomic E-state index is 0.0529. The number of nitrogens with zero attached hydrogens (tertiary/aromatic N) is 1. The lowest BCUT2D eigenvalue weighted by molar-refractivity contribution is -0.143. The molecule has 0 aliphatic carbocycles. The highest BCUT2D eigenvalue weighted by Crippen LogP contribution is 2.23. The Morgan fingerprint density at radius 1 is 0.971 bits per heavy atom. The molecule has 0 fully saturated rings. The van der Waals surface area contributed by atoms with E-state index in [1.807, 2.05) is 44.2 Å². The van der Waals surface area contributed by atoms with Crippen molar-refractivity contribution in [3.8, 4) is 5.75 Å². The van der Waals surface area contributed by atoms with E-state index in [9.17, 15) is 14.0 Å². The number of hydrogen-bond acceptors (Lipinski definition) is 3. The Balaban J connectivity index is 1.91. The Morgan fingerprint density at radius 2 is 1.63 bits per heavy atom. The van der Waals surface area contributed by atoms with Crippen LogP contribution >= 0.6 is 11.6 Å². The molecule has 3 aromatic rings. The van der Waals surface area contributed by atoms with Crippen LogP contribution in [0.1, 0.15) is 31.4 Å². The second-order valence-electron chi connectivity index (χ2n) is 8.39. The van der Waals surface area contributed by atoms with E-state index in [0.717, 1.165) is 12.0 Å². The van der Waals surface area contributed by atoms with E-state index < -0.39 is 6.04 Å². The van der Waals surface area contributed by atoms with Crippen molar-refractivity contribution in [2.24, 2.45) is 0 Å². The molecule has 3 aromatic carbocycles. The van der Waals surface area contributed by atoms with Gasteiger partial charge in [-0.1, -0.05) is 73.1 Å². The van der Waals surface area contributed by atoms with Gasteiger partial charge in [0.1, 0.15) is 17.6 Å². The number of hydrogen-bond donors (Lipinski definition) is 1. The van der Waals surface area contributed by atoms with Gasteiger partial charge in [0.2, 0.25) is 5.91 Å². The zero-order valence-corrected chi connectivity index (χ0v) is 20.7. The van der Waals surface area contributed by atoms with Gasteiger partial charge in [-0.05, 0) is 48.7 Å². The van der Waals surface area contributed by atoms with Crippen LogP contribution in [0.4, 0.5) is 4.39 Å². The first-order chi connectivity index (χ1) is 16.9. The maximum atomic E-state index is 13.5. The maximum absolute atomic E-state index is 13.5. The van der Waals surface area contributed by atoms with Gasteiger partial charge in [-0.15, -0.1) is 0 Å². The number of carbonyl (C=O) groups is 2. The monoisotopic (exact) mass is 496 g/mol. The smallest absolute Gasteiger partial charge is 0.261 e. The van der Waals surface area contributed by atoms with Crippen LogP contribution in [0.3, 0.4) is 0 Å². The summed E-state index contributed by atoms with van der Waals surface area (Å²) in [7, 11) is 0. The Morgan fingerprint density at radius 3 is 2.29 bits per heavy atom. The molecule has 5 nitrogen and oxygen atoms in total. The first kappa shape index (κ1) is 26.2. The molecule has 3 rings (SSSR count). The number of para-hydroxylation sites is 1. The van der Waals surface area contributed by atoms with E-state index in [4.69, 9.17) is 16.3 Å². The number of ether oxygens (including phenoxy) is 1. The zero-order valence-electron chi connectivity index (χ0n) is 19.9. The molecule has 1 N–H and O–H groups in total. The van der Waals surface area contributed by atoms with Gasteiger partial charge in [-0.2, -0.15) is 0 Å². The summed E-state index contributed by atoms with van der Waals surface area (Å²) in [6, 6.07) is 21.5. The van der Waals surface area contributed by atoms with Crippen molar-refractivity contribution >= 4 is 23.4 Å². The van der Waals surface area contributed by atoms with E-state index in [1.165, 1.54) is 17.0 Å². The summed E-state index contributed by atoms with van der Waals surface area (Å²) >= 11 is 6.18. The van der Waals surface area contributed by atoms with E-state index in [0.29, 0.717) is 22.8 Å². The molecule has 0 saturated heterocycles. The fraction of sp³-hybridized carbons (Fsp3) is 0.286. The Bertz CT molecular complexity index is 1110. The first-order valence-corrected chi connectivity index (χ1v) is 12.0. The highest BCUT2D eigenvalue weighted by atomic mass is 35.5. The van der Waals surface area contributed by atoms with Gasteiger partial charge in [-0.25, -0.2) is 4.39 Å². The molecule has 0 saturated carbocycles. The van der Waals surface area contributed by atoms with Gasteiger partial charge >= 0.3 is 0 Å². The topological polar surface area (TPSA) is 58.6 Å². The summed E-state index contributed by atoms with van der Waals surface area (Å²) < 4.78 is 19.2. The number of carbonyl (C=O) groups excluding carboxylic acids is 2. The summed E-state index contributed by atoms with van der Waals surface area (Å²) in [6.07, 6.45) is 1.08. The molecule has 0 unspecified atom stereocenters. The minimum Gasteiger partial charge on any atom is -0.482 e. The molecule has 2 atom stereocenters. The quantitative estimate of drug-likeness (QED) is 0.386. The standard InChI is InChI=1S/C28H30ClFN2O3/c1-3-20(2)31-28(34)25(17-21-9-5-4-6-10-21)32(18-22-13-15-23(30)16-14-22)27(33)19-35-26-12-8-7-11-24(26)29/h4-16,20,25H,3,17-19H2,1-2H3,(H,31,34)/t20-,25-/m0/s1. The van der Waals surface area contributed by atoms with Crippen molar-refractivity contribution in [2.45, 2.75) is 45.3 Å². The lowest BCUT2D eigenvalue weighted by atomic mass is 10.0. The molecule has 0 spiro atoms. The number of nitrogens with one attached hydrogen (secondary N) is 1. The van der Waals surface area contributed by atoms with E-state index in [2.05, 4.69) is 5.32 Å². The molecule has 7 heteroatoms. The summed E-state index contributed by atoms with van der Waals surface area (Å²) in [5, 5.41) is 3.40. The Hall–Kier alpha value is -3.38. The van der Waals surface area contributed by atoms with Crippen LogP contribution in [-0.2, 0) is 22.6 Å². The van der Waals surface area contributed by atoms with Crippen LogP contribution in [-0.4, -0.2) is 35.4 Å². The lowest BCUT2D eigenvalue weighted by Gasteiger charge is -2.32. The molecule has 0 bridgehead atoms. The van der Waals surface area contributed by atoms with E-state index >= 15 is 0 Å². The number of rotatable bonds is 11. The largest absolute Gasteiger partial charge is 0.482 e. The Kier molecular flexibility index (Phi) is 9.67. The third kappa shape index (κ3) is 7.82.